The highest BCUT2D eigenvalue weighted by atomic mass is 35.5. The highest BCUT2D eigenvalue weighted by Crippen LogP contribution is 2.57. The Bertz CT molecular complexity index is 768. The monoisotopic (exact) mass is 428 g/mol. The zero-order chi connectivity index (χ0) is 18.4. The van der Waals surface area contributed by atoms with Gasteiger partial charge in [-0.1, -0.05) is 46.4 Å². The largest absolute Gasteiger partial charge is 0.422 e. The molecule has 134 valence electrons. The minimum Gasteiger partial charge on any atom is -0.360 e. The molecule has 2 aromatic rings. The van der Waals surface area contributed by atoms with E-state index < -0.39 is 17.7 Å². The summed E-state index contributed by atoms with van der Waals surface area (Å²) in [6.45, 7) is -0.0710. The third-order valence-electron chi connectivity index (χ3n) is 4.23. The fourth-order valence-electron chi connectivity index (χ4n) is 3.32. The first kappa shape index (κ1) is 19.1. The molecule has 2 aromatic carbocycles. The average Bonchev–Trinajstić information content (AvgIpc) is 2.90. The van der Waals surface area contributed by atoms with Crippen LogP contribution in [0.4, 0.5) is 13.2 Å². The predicted octanol–water partition coefficient (Wildman–Crippen LogP) is 7.26. The molecule has 1 aliphatic heterocycles. The van der Waals surface area contributed by atoms with Crippen LogP contribution in [0.3, 0.4) is 0 Å². The average molecular weight is 430 g/mol. The summed E-state index contributed by atoms with van der Waals surface area (Å²) in [6.07, 6.45) is -4.54. The van der Waals surface area contributed by atoms with Crippen molar-refractivity contribution in [1.82, 2.24) is 0 Å². The third-order valence-corrected chi connectivity index (χ3v) is 5.10. The van der Waals surface area contributed by atoms with Crippen molar-refractivity contribution in [2.75, 3.05) is 6.61 Å². The summed E-state index contributed by atoms with van der Waals surface area (Å²) in [4.78, 5) is 0. The molecule has 0 aromatic heterocycles. The molecule has 1 fully saturated rings. The van der Waals surface area contributed by atoms with E-state index in [1.54, 1.807) is 0 Å². The lowest BCUT2D eigenvalue weighted by molar-refractivity contribution is -0.274. The van der Waals surface area contributed by atoms with E-state index in [1.807, 2.05) is 0 Å². The first-order valence-electron chi connectivity index (χ1n) is 7.27. The quantitative estimate of drug-likeness (QED) is 0.488. The van der Waals surface area contributed by atoms with E-state index >= 15 is 0 Å². The normalized spacial score (nSPS) is 23.9. The molecule has 1 saturated heterocycles. The Balaban J connectivity index is 2.23. The standard InChI is InChI=1S/C17H11Cl4F3O/c18-11-3-9(4-12(19)7-11)15-1-2-25-16(15,17(22,23)24)10-5-13(20)8-14(21)6-10/h3-8,15H,1-2H2. The lowest BCUT2D eigenvalue weighted by Crippen LogP contribution is -2.46. The second-order valence-corrected chi connectivity index (χ2v) is 7.53. The molecule has 0 radical (unpaired) electrons. The van der Waals surface area contributed by atoms with Crippen LogP contribution in [0, 0.1) is 0 Å². The molecule has 0 N–H and O–H groups in total. The molecule has 2 atom stereocenters. The number of ether oxygens (including phenoxy) is 1. The Hall–Kier alpha value is -0.650. The van der Waals surface area contributed by atoms with Gasteiger partial charge in [0.25, 0.3) is 0 Å². The summed E-state index contributed by atoms with van der Waals surface area (Å²) < 4.78 is 48.0. The van der Waals surface area contributed by atoms with Gasteiger partial charge in [0.15, 0.2) is 5.60 Å². The fourth-order valence-corrected chi connectivity index (χ4v) is 4.38. The van der Waals surface area contributed by atoms with Gasteiger partial charge in [-0.25, -0.2) is 0 Å². The van der Waals surface area contributed by atoms with Crippen molar-refractivity contribution >= 4 is 46.4 Å². The molecule has 0 amide bonds. The molecule has 2 unspecified atom stereocenters. The van der Waals surface area contributed by atoms with Gasteiger partial charge in [0.2, 0.25) is 0 Å². The molecular weight excluding hydrogens is 419 g/mol. The van der Waals surface area contributed by atoms with Gasteiger partial charge in [0, 0.05) is 32.6 Å². The predicted molar refractivity (Wildman–Crippen MR) is 94.0 cm³/mol. The number of halogens is 7. The highest BCUT2D eigenvalue weighted by Gasteiger charge is 2.64. The minimum absolute atomic E-state index is 0.0710. The smallest absolute Gasteiger partial charge is 0.360 e. The maximum Gasteiger partial charge on any atom is 0.422 e. The Morgan fingerprint density at radius 2 is 1.32 bits per heavy atom. The van der Waals surface area contributed by atoms with Crippen molar-refractivity contribution in [2.45, 2.75) is 24.1 Å². The number of benzene rings is 2. The zero-order valence-corrected chi connectivity index (χ0v) is 15.5. The summed E-state index contributed by atoms with van der Waals surface area (Å²) in [7, 11) is 0. The molecule has 0 saturated carbocycles. The van der Waals surface area contributed by atoms with Gasteiger partial charge < -0.3 is 4.74 Å². The molecular formula is C17H11Cl4F3O. The number of hydrogen-bond donors (Lipinski definition) is 0. The van der Waals surface area contributed by atoms with Crippen LogP contribution in [0.5, 0.6) is 0 Å². The molecule has 3 rings (SSSR count). The van der Waals surface area contributed by atoms with Crippen LogP contribution in [0.2, 0.25) is 20.1 Å². The van der Waals surface area contributed by atoms with Crippen molar-refractivity contribution in [3.63, 3.8) is 0 Å². The molecule has 0 aliphatic carbocycles. The van der Waals surface area contributed by atoms with E-state index in [2.05, 4.69) is 0 Å². The summed E-state index contributed by atoms with van der Waals surface area (Å²) in [5.41, 5.74) is -2.37. The second-order valence-electron chi connectivity index (χ2n) is 5.78. The Kier molecular flexibility index (Phi) is 5.22. The lowest BCUT2D eigenvalue weighted by Gasteiger charge is -2.37. The van der Waals surface area contributed by atoms with E-state index in [0.717, 1.165) is 0 Å². The molecule has 8 heteroatoms. The number of rotatable bonds is 2. The topological polar surface area (TPSA) is 9.23 Å². The van der Waals surface area contributed by atoms with Crippen LogP contribution in [0.15, 0.2) is 36.4 Å². The highest BCUT2D eigenvalue weighted by molar-refractivity contribution is 6.35. The van der Waals surface area contributed by atoms with Crippen LogP contribution >= 0.6 is 46.4 Å². The van der Waals surface area contributed by atoms with Crippen LogP contribution in [0.25, 0.3) is 0 Å². The molecule has 1 aliphatic rings. The van der Waals surface area contributed by atoms with Crippen molar-refractivity contribution in [1.29, 1.82) is 0 Å². The van der Waals surface area contributed by atoms with Crippen LogP contribution in [-0.4, -0.2) is 12.8 Å². The minimum atomic E-state index is -4.70. The van der Waals surface area contributed by atoms with E-state index in [4.69, 9.17) is 51.1 Å². The maximum absolute atomic E-state index is 14.2. The molecule has 25 heavy (non-hydrogen) atoms. The van der Waals surface area contributed by atoms with E-state index in [0.29, 0.717) is 5.56 Å². The Morgan fingerprint density at radius 3 is 1.80 bits per heavy atom. The Morgan fingerprint density at radius 1 is 0.840 bits per heavy atom. The van der Waals surface area contributed by atoms with Gasteiger partial charge >= 0.3 is 6.18 Å². The first-order chi connectivity index (χ1) is 11.6. The Labute approximate surface area is 162 Å². The van der Waals surface area contributed by atoms with Gasteiger partial charge in [-0.05, 0) is 53.9 Å². The van der Waals surface area contributed by atoms with Crippen LogP contribution < -0.4 is 0 Å². The van der Waals surface area contributed by atoms with Gasteiger partial charge in [0.1, 0.15) is 0 Å². The van der Waals surface area contributed by atoms with Gasteiger partial charge in [-0.2, -0.15) is 13.2 Å². The first-order valence-corrected chi connectivity index (χ1v) is 8.78. The van der Waals surface area contributed by atoms with E-state index in [9.17, 15) is 13.2 Å². The van der Waals surface area contributed by atoms with Crippen LogP contribution in [0.1, 0.15) is 23.5 Å². The van der Waals surface area contributed by atoms with E-state index in [1.165, 1.54) is 36.4 Å². The number of alkyl halides is 3. The summed E-state index contributed by atoms with van der Waals surface area (Å²) in [5, 5.41) is 0.721. The molecule has 1 nitrogen and oxygen atoms in total. The summed E-state index contributed by atoms with van der Waals surface area (Å²) >= 11 is 23.8. The summed E-state index contributed by atoms with van der Waals surface area (Å²) in [6, 6.07) is 8.24. The number of hydrogen-bond acceptors (Lipinski definition) is 1. The van der Waals surface area contributed by atoms with Crippen molar-refractivity contribution in [3.8, 4) is 0 Å². The summed E-state index contributed by atoms with van der Waals surface area (Å²) in [5.74, 6) is -1.03. The second kappa shape index (κ2) is 6.82. The van der Waals surface area contributed by atoms with Crippen molar-refractivity contribution in [3.05, 3.63) is 67.6 Å². The molecule has 0 bridgehead atoms. The fraction of sp³-hybridized carbons (Fsp3) is 0.294. The third kappa shape index (κ3) is 3.47. The van der Waals surface area contributed by atoms with Gasteiger partial charge in [-0.15, -0.1) is 0 Å². The molecule has 0 spiro atoms. The maximum atomic E-state index is 14.2. The van der Waals surface area contributed by atoms with Crippen molar-refractivity contribution < 1.29 is 17.9 Å². The SMILES string of the molecule is FC(F)(F)C1(c2cc(Cl)cc(Cl)c2)OCCC1c1cc(Cl)cc(Cl)c1. The van der Waals surface area contributed by atoms with Gasteiger partial charge in [0.05, 0.1) is 0 Å². The molecule has 1 heterocycles. The zero-order valence-electron chi connectivity index (χ0n) is 12.5. The van der Waals surface area contributed by atoms with E-state index in [-0.39, 0.29) is 38.7 Å². The lowest BCUT2D eigenvalue weighted by atomic mass is 9.77. The van der Waals surface area contributed by atoms with Gasteiger partial charge in [-0.3, -0.25) is 0 Å². The van der Waals surface area contributed by atoms with Crippen LogP contribution in [-0.2, 0) is 10.3 Å². The van der Waals surface area contributed by atoms with Crippen molar-refractivity contribution in [2.24, 2.45) is 0 Å².